The van der Waals surface area contributed by atoms with E-state index in [0.29, 0.717) is 5.88 Å². The molecule has 5 nitrogen and oxygen atoms in total. The van der Waals surface area contributed by atoms with E-state index in [4.69, 9.17) is 21.3 Å². The molecule has 0 radical (unpaired) electrons. The van der Waals surface area contributed by atoms with Gasteiger partial charge in [0.2, 0.25) is 0 Å². The Bertz CT molecular complexity index is 604. The number of hydrogen-bond donors (Lipinski definition) is 0. The van der Waals surface area contributed by atoms with Crippen LogP contribution < -0.4 is 4.90 Å². The third-order valence-corrected chi connectivity index (χ3v) is 3.80. The SMILES string of the molecule is Cc1nn(C)c2nc(N3CCOCC3)c(CCl)cc12. The number of halogens is 1. The van der Waals surface area contributed by atoms with Crippen molar-refractivity contribution in [2.75, 3.05) is 31.2 Å². The molecule has 0 aliphatic carbocycles. The highest BCUT2D eigenvalue weighted by atomic mass is 35.5. The third kappa shape index (κ3) is 2.17. The van der Waals surface area contributed by atoms with E-state index in [1.165, 1.54) is 0 Å². The normalized spacial score (nSPS) is 16.3. The van der Waals surface area contributed by atoms with E-state index >= 15 is 0 Å². The first-order chi connectivity index (χ1) is 9.20. The van der Waals surface area contributed by atoms with Crippen LogP contribution in [0.4, 0.5) is 5.82 Å². The molecule has 0 unspecified atom stereocenters. The van der Waals surface area contributed by atoms with Gasteiger partial charge in [0.05, 0.1) is 24.8 Å². The fraction of sp³-hybridized carbons (Fsp3) is 0.538. The van der Waals surface area contributed by atoms with Gasteiger partial charge in [-0.1, -0.05) is 0 Å². The number of aromatic nitrogens is 3. The van der Waals surface area contributed by atoms with Gasteiger partial charge in [-0.05, 0) is 13.0 Å². The molecule has 19 heavy (non-hydrogen) atoms. The molecule has 0 spiro atoms. The molecule has 3 heterocycles. The maximum atomic E-state index is 6.09. The molecule has 0 N–H and O–H groups in total. The second-order valence-electron chi connectivity index (χ2n) is 4.78. The number of pyridine rings is 1. The van der Waals surface area contributed by atoms with Crippen LogP contribution in [0, 0.1) is 6.92 Å². The molecular weight excluding hydrogens is 264 g/mol. The minimum Gasteiger partial charge on any atom is -0.378 e. The highest BCUT2D eigenvalue weighted by molar-refractivity contribution is 6.17. The van der Waals surface area contributed by atoms with Crippen molar-refractivity contribution in [2.45, 2.75) is 12.8 Å². The van der Waals surface area contributed by atoms with Crippen LogP contribution in [0.25, 0.3) is 11.0 Å². The predicted octanol–water partition coefficient (Wildman–Crippen LogP) is 1.85. The predicted molar refractivity (Wildman–Crippen MR) is 75.8 cm³/mol. The van der Waals surface area contributed by atoms with E-state index < -0.39 is 0 Å². The van der Waals surface area contributed by atoms with Crippen LogP contribution in [0.2, 0.25) is 0 Å². The topological polar surface area (TPSA) is 43.2 Å². The van der Waals surface area contributed by atoms with Gasteiger partial charge in [0.25, 0.3) is 0 Å². The van der Waals surface area contributed by atoms with Gasteiger partial charge in [0, 0.05) is 31.1 Å². The zero-order valence-electron chi connectivity index (χ0n) is 11.2. The fourth-order valence-corrected chi connectivity index (χ4v) is 2.72. The molecule has 6 heteroatoms. The molecule has 2 aromatic rings. The summed E-state index contributed by atoms with van der Waals surface area (Å²) in [6, 6.07) is 2.11. The van der Waals surface area contributed by atoms with Gasteiger partial charge < -0.3 is 9.64 Å². The quantitative estimate of drug-likeness (QED) is 0.788. The minimum absolute atomic E-state index is 0.462. The molecule has 0 saturated carbocycles. The Kier molecular flexibility index (Phi) is 3.33. The largest absolute Gasteiger partial charge is 0.378 e. The Morgan fingerprint density at radius 3 is 2.79 bits per heavy atom. The summed E-state index contributed by atoms with van der Waals surface area (Å²) >= 11 is 6.09. The average molecular weight is 281 g/mol. The van der Waals surface area contributed by atoms with Crippen molar-refractivity contribution in [3.63, 3.8) is 0 Å². The van der Waals surface area contributed by atoms with E-state index in [1.54, 1.807) is 0 Å². The lowest BCUT2D eigenvalue weighted by Crippen LogP contribution is -2.37. The van der Waals surface area contributed by atoms with Gasteiger partial charge in [-0.2, -0.15) is 5.10 Å². The summed E-state index contributed by atoms with van der Waals surface area (Å²) in [5.41, 5.74) is 2.96. The fourth-order valence-electron chi connectivity index (χ4n) is 2.52. The van der Waals surface area contributed by atoms with E-state index in [1.807, 2.05) is 18.7 Å². The summed E-state index contributed by atoms with van der Waals surface area (Å²) < 4.78 is 7.22. The average Bonchev–Trinajstić information content (AvgIpc) is 2.73. The molecule has 3 rings (SSSR count). The van der Waals surface area contributed by atoms with Crippen LogP contribution in [0.1, 0.15) is 11.3 Å². The van der Waals surface area contributed by atoms with Crippen LogP contribution in [0.15, 0.2) is 6.07 Å². The van der Waals surface area contributed by atoms with E-state index in [0.717, 1.165) is 54.4 Å². The third-order valence-electron chi connectivity index (χ3n) is 3.51. The molecule has 1 saturated heterocycles. The van der Waals surface area contributed by atoms with Crippen molar-refractivity contribution < 1.29 is 4.74 Å². The zero-order chi connectivity index (χ0) is 13.4. The number of fused-ring (bicyclic) bond motifs is 1. The van der Waals surface area contributed by atoms with Crippen LogP contribution in [-0.2, 0) is 17.7 Å². The van der Waals surface area contributed by atoms with Crippen molar-refractivity contribution in [1.29, 1.82) is 0 Å². The van der Waals surface area contributed by atoms with Crippen LogP contribution in [0.3, 0.4) is 0 Å². The molecule has 102 valence electrons. The van der Waals surface area contributed by atoms with E-state index in [2.05, 4.69) is 16.1 Å². The number of ether oxygens (including phenoxy) is 1. The highest BCUT2D eigenvalue weighted by Crippen LogP contribution is 2.27. The number of alkyl halides is 1. The Hall–Kier alpha value is -1.33. The van der Waals surface area contributed by atoms with Crippen molar-refractivity contribution >= 4 is 28.5 Å². The maximum Gasteiger partial charge on any atom is 0.160 e. The standard InChI is InChI=1S/C13H17ClN4O/c1-9-11-7-10(8-14)12(15-13(11)17(2)16-9)18-3-5-19-6-4-18/h7H,3-6,8H2,1-2H3. The van der Waals surface area contributed by atoms with Gasteiger partial charge >= 0.3 is 0 Å². The van der Waals surface area contributed by atoms with Crippen molar-refractivity contribution in [3.05, 3.63) is 17.3 Å². The molecule has 2 aromatic heterocycles. The second kappa shape index (κ2) is 4.98. The number of morpholine rings is 1. The molecule has 0 aromatic carbocycles. The number of anilines is 1. The van der Waals surface area contributed by atoms with Crippen LogP contribution >= 0.6 is 11.6 Å². The molecular formula is C13H17ClN4O. The summed E-state index contributed by atoms with van der Waals surface area (Å²) in [6.45, 7) is 5.20. The first kappa shape index (κ1) is 12.7. The summed E-state index contributed by atoms with van der Waals surface area (Å²) in [5, 5.41) is 5.50. The number of aryl methyl sites for hydroxylation is 2. The molecule has 1 fully saturated rings. The number of hydrogen-bond acceptors (Lipinski definition) is 4. The lowest BCUT2D eigenvalue weighted by Gasteiger charge is -2.29. The molecule has 0 amide bonds. The smallest absolute Gasteiger partial charge is 0.160 e. The Morgan fingerprint density at radius 1 is 1.37 bits per heavy atom. The summed E-state index contributed by atoms with van der Waals surface area (Å²) in [5.74, 6) is 1.43. The lowest BCUT2D eigenvalue weighted by molar-refractivity contribution is 0.122. The summed E-state index contributed by atoms with van der Waals surface area (Å²) in [4.78, 5) is 7.02. The molecule has 1 aliphatic heterocycles. The van der Waals surface area contributed by atoms with E-state index in [-0.39, 0.29) is 0 Å². The van der Waals surface area contributed by atoms with Crippen molar-refractivity contribution in [2.24, 2.45) is 7.05 Å². The Balaban J connectivity index is 2.13. The van der Waals surface area contributed by atoms with Gasteiger partial charge in [0.15, 0.2) is 5.65 Å². The minimum atomic E-state index is 0.462. The second-order valence-corrected chi connectivity index (χ2v) is 5.05. The Labute approximate surface area is 117 Å². The number of rotatable bonds is 2. The molecule has 0 atom stereocenters. The summed E-state index contributed by atoms with van der Waals surface area (Å²) in [6.07, 6.45) is 0. The highest BCUT2D eigenvalue weighted by Gasteiger charge is 2.18. The van der Waals surface area contributed by atoms with Crippen LogP contribution in [0.5, 0.6) is 0 Å². The molecule has 0 bridgehead atoms. The van der Waals surface area contributed by atoms with Gasteiger partial charge in [0.1, 0.15) is 5.82 Å². The monoisotopic (exact) mass is 280 g/mol. The first-order valence-electron chi connectivity index (χ1n) is 6.42. The van der Waals surface area contributed by atoms with Gasteiger partial charge in [-0.15, -0.1) is 11.6 Å². The van der Waals surface area contributed by atoms with Gasteiger partial charge in [-0.3, -0.25) is 4.68 Å². The maximum absolute atomic E-state index is 6.09. The van der Waals surface area contributed by atoms with E-state index in [9.17, 15) is 0 Å². The zero-order valence-corrected chi connectivity index (χ0v) is 11.9. The lowest BCUT2D eigenvalue weighted by atomic mass is 10.2. The van der Waals surface area contributed by atoms with Crippen molar-refractivity contribution in [3.8, 4) is 0 Å². The van der Waals surface area contributed by atoms with Crippen LogP contribution in [-0.4, -0.2) is 41.1 Å². The Morgan fingerprint density at radius 2 is 2.11 bits per heavy atom. The summed E-state index contributed by atoms with van der Waals surface area (Å²) in [7, 11) is 1.92. The molecule has 1 aliphatic rings. The van der Waals surface area contributed by atoms with Crippen molar-refractivity contribution in [1.82, 2.24) is 14.8 Å². The van der Waals surface area contributed by atoms with Gasteiger partial charge in [-0.25, -0.2) is 4.98 Å². The number of nitrogens with zero attached hydrogens (tertiary/aromatic N) is 4. The first-order valence-corrected chi connectivity index (χ1v) is 6.96.